The monoisotopic (exact) mass is 352 g/mol. The predicted molar refractivity (Wildman–Crippen MR) is 91.4 cm³/mol. The minimum atomic E-state index is -0.631. The molecule has 0 spiro atoms. The normalized spacial score (nSPS) is 24.7. The predicted octanol–water partition coefficient (Wildman–Crippen LogP) is 3.16. The lowest BCUT2D eigenvalue weighted by Gasteiger charge is -2.30. The van der Waals surface area contributed by atoms with E-state index in [0.717, 1.165) is 57.7 Å². The molecule has 1 aliphatic carbocycles. The van der Waals surface area contributed by atoms with Gasteiger partial charge in [0, 0.05) is 30.7 Å². The number of amides is 1. The molecule has 1 amide bonds. The van der Waals surface area contributed by atoms with Crippen molar-refractivity contribution in [3.8, 4) is 5.75 Å². The van der Waals surface area contributed by atoms with Crippen LogP contribution in [-0.2, 0) is 4.79 Å². The van der Waals surface area contributed by atoms with Gasteiger partial charge >= 0.3 is 0 Å². The molecule has 0 bridgehead atoms. The maximum absolute atomic E-state index is 13.2. The molecule has 138 valence electrons. The third-order valence-electron chi connectivity index (χ3n) is 5.11. The average Bonchev–Trinajstić information content (AvgIpc) is 2.56. The molecule has 0 aromatic heterocycles. The van der Waals surface area contributed by atoms with E-state index in [0.29, 0.717) is 12.3 Å². The van der Waals surface area contributed by atoms with Crippen molar-refractivity contribution < 1.29 is 18.3 Å². The zero-order valence-corrected chi connectivity index (χ0v) is 14.4. The van der Waals surface area contributed by atoms with E-state index < -0.39 is 11.6 Å². The van der Waals surface area contributed by atoms with Crippen LogP contribution in [0.1, 0.15) is 44.9 Å². The first-order valence-electron chi connectivity index (χ1n) is 9.21. The lowest BCUT2D eigenvalue weighted by atomic mass is 9.91. The maximum atomic E-state index is 13.2. The first-order chi connectivity index (χ1) is 12.1. The van der Waals surface area contributed by atoms with Crippen LogP contribution in [0.4, 0.5) is 8.78 Å². The number of nitrogens with one attached hydrogen (secondary N) is 2. The molecule has 1 saturated carbocycles. The highest BCUT2D eigenvalue weighted by Gasteiger charge is 2.25. The van der Waals surface area contributed by atoms with Crippen molar-refractivity contribution in [2.24, 2.45) is 5.92 Å². The Bertz CT molecular complexity index is 563. The smallest absolute Gasteiger partial charge is 0.220 e. The molecule has 0 unspecified atom stereocenters. The second kappa shape index (κ2) is 8.61. The molecule has 6 heteroatoms. The zero-order chi connectivity index (χ0) is 17.6. The maximum Gasteiger partial charge on any atom is 0.220 e. The van der Waals surface area contributed by atoms with Crippen molar-refractivity contribution >= 4 is 5.91 Å². The Balaban J connectivity index is 1.40. The average molecular weight is 352 g/mol. The van der Waals surface area contributed by atoms with Gasteiger partial charge in [0.05, 0.1) is 6.10 Å². The van der Waals surface area contributed by atoms with Gasteiger partial charge in [0.1, 0.15) is 17.4 Å². The Hall–Kier alpha value is -1.69. The van der Waals surface area contributed by atoms with E-state index >= 15 is 0 Å². The van der Waals surface area contributed by atoms with Crippen LogP contribution in [0.5, 0.6) is 5.75 Å². The summed E-state index contributed by atoms with van der Waals surface area (Å²) in [5.41, 5.74) is 0. The molecule has 1 aromatic rings. The van der Waals surface area contributed by atoms with Gasteiger partial charge in [0.25, 0.3) is 0 Å². The van der Waals surface area contributed by atoms with E-state index in [2.05, 4.69) is 10.6 Å². The van der Waals surface area contributed by atoms with Crippen molar-refractivity contribution in [2.45, 2.75) is 57.1 Å². The molecule has 3 rings (SSSR count). The highest BCUT2D eigenvalue weighted by atomic mass is 19.1. The Morgan fingerprint density at radius 1 is 1.04 bits per heavy atom. The number of rotatable bonds is 5. The second-order valence-corrected chi connectivity index (χ2v) is 7.16. The number of ether oxygens (including phenoxy) is 1. The van der Waals surface area contributed by atoms with Crippen molar-refractivity contribution in [3.63, 3.8) is 0 Å². The van der Waals surface area contributed by atoms with Crippen LogP contribution in [0.3, 0.4) is 0 Å². The van der Waals surface area contributed by atoms with Crippen molar-refractivity contribution in [2.75, 3.05) is 13.1 Å². The van der Waals surface area contributed by atoms with Gasteiger partial charge in [-0.15, -0.1) is 0 Å². The molecule has 2 fully saturated rings. The van der Waals surface area contributed by atoms with Gasteiger partial charge in [0.15, 0.2) is 0 Å². The van der Waals surface area contributed by atoms with Gasteiger partial charge in [-0.3, -0.25) is 4.79 Å². The fourth-order valence-corrected chi connectivity index (χ4v) is 3.75. The molecule has 4 nitrogen and oxygen atoms in total. The molecule has 1 heterocycles. The summed E-state index contributed by atoms with van der Waals surface area (Å²) in [4.78, 5) is 12.2. The first-order valence-corrected chi connectivity index (χ1v) is 9.21. The number of hydrogen-bond donors (Lipinski definition) is 2. The van der Waals surface area contributed by atoms with Gasteiger partial charge in [-0.1, -0.05) is 0 Å². The number of piperidine rings is 1. The Kier molecular flexibility index (Phi) is 6.24. The number of carbonyl (C=O) groups excluding carboxylic acids is 1. The summed E-state index contributed by atoms with van der Waals surface area (Å²) in [7, 11) is 0. The molecule has 1 aromatic carbocycles. The molecular formula is C19H26F2N2O2. The summed E-state index contributed by atoms with van der Waals surface area (Å²) >= 11 is 0. The lowest BCUT2D eigenvalue weighted by molar-refractivity contribution is -0.123. The second-order valence-electron chi connectivity index (χ2n) is 7.16. The molecule has 2 aliphatic rings. The van der Waals surface area contributed by atoms with Gasteiger partial charge < -0.3 is 15.4 Å². The molecular weight excluding hydrogens is 326 g/mol. The van der Waals surface area contributed by atoms with Crippen molar-refractivity contribution in [1.82, 2.24) is 10.6 Å². The van der Waals surface area contributed by atoms with Crippen LogP contribution < -0.4 is 15.4 Å². The van der Waals surface area contributed by atoms with E-state index in [1.165, 1.54) is 12.1 Å². The van der Waals surface area contributed by atoms with Crippen molar-refractivity contribution in [1.29, 1.82) is 0 Å². The quantitative estimate of drug-likeness (QED) is 0.856. The van der Waals surface area contributed by atoms with Crippen LogP contribution in [-0.4, -0.2) is 31.1 Å². The molecule has 0 radical (unpaired) electrons. The Morgan fingerprint density at radius 3 is 2.32 bits per heavy atom. The summed E-state index contributed by atoms with van der Waals surface area (Å²) in [5.74, 6) is -0.397. The number of hydrogen-bond acceptors (Lipinski definition) is 3. The first kappa shape index (κ1) is 18.1. The summed E-state index contributed by atoms with van der Waals surface area (Å²) in [6, 6.07) is 3.42. The highest BCUT2D eigenvalue weighted by molar-refractivity contribution is 5.76. The highest BCUT2D eigenvalue weighted by Crippen LogP contribution is 2.25. The van der Waals surface area contributed by atoms with Crippen LogP contribution in [0.2, 0.25) is 0 Å². The van der Waals surface area contributed by atoms with E-state index in [9.17, 15) is 13.6 Å². The van der Waals surface area contributed by atoms with Gasteiger partial charge in [-0.25, -0.2) is 8.78 Å². The van der Waals surface area contributed by atoms with Gasteiger partial charge in [-0.2, -0.15) is 0 Å². The molecule has 1 saturated heterocycles. The Morgan fingerprint density at radius 2 is 1.68 bits per heavy atom. The van der Waals surface area contributed by atoms with Gasteiger partial charge in [-0.05, 0) is 57.5 Å². The number of carbonyl (C=O) groups is 1. The molecule has 1 aliphatic heterocycles. The number of benzene rings is 1. The zero-order valence-electron chi connectivity index (χ0n) is 14.4. The van der Waals surface area contributed by atoms with Crippen LogP contribution >= 0.6 is 0 Å². The fourth-order valence-electron chi connectivity index (χ4n) is 3.75. The number of halogens is 2. The summed E-state index contributed by atoms with van der Waals surface area (Å²) in [5, 5.41) is 6.44. The topological polar surface area (TPSA) is 50.4 Å². The summed E-state index contributed by atoms with van der Waals surface area (Å²) in [6.07, 6.45) is 5.91. The van der Waals surface area contributed by atoms with E-state index in [1.54, 1.807) is 0 Å². The molecule has 0 atom stereocenters. The largest absolute Gasteiger partial charge is 0.490 e. The summed E-state index contributed by atoms with van der Waals surface area (Å²) in [6.45, 7) is 2.00. The van der Waals surface area contributed by atoms with E-state index in [4.69, 9.17) is 4.74 Å². The van der Waals surface area contributed by atoms with E-state index in [1.807, 2.05) is 0 Å². The van der Waals surface area contributed by atoms with Crippen molar-refractivity contribution in [3.05, 3.63) is 29.8 Å². The minimum absolute atomic E-state index is 0.0567. The minimum Gasteiger partial charge on any atom is -0.490 e. The van der Waals surface area contributed by atoms with Gasteiger partial charge in [0.2, 0.25) is 5.91 Å². The summed E-state index contributed by atoms with van der Waals surface area (Å²) < 4.78 is 32.1. The third-order valence-corrected chi connectivity index (χ3v) is 5.11. The third kappa shape index (κ3) is 5.66. The lowest BCUT2D eigenvalue weighted by Crippen LogP contribution is -2.41. The fraction of sp³-hybridized carbons (Fsp3) is 0.632. The van der Waals surface area contributed by atoms with Crippen LogP contribution in [0, 0.1) is 17.6 Å². The Labute approximate surface area is 147 Å². The standard InChI is InChI=1S/C19H26F2N2O2/c20-14-10-15(21)12-18(11-14)25-17-3-1-16(2-4-17)23-19(24)9-13-5-7-22-8-6-13/h10-13,16-17,22H,1-9H2,(H,23,24). The molecule has 2 N–H and O–H groups in total. The molecule has 25 heavy (non-hydrogen) atoms. The van der Waals surface area contributed by atoms with Crippen LogP contribution in [0.15, 0.2) is 18.2 Å². The van der Waals surface area contributed by atoms with E-state index in [-0.39, 0.29) is 23.8 Å². The van der Waals surface area contributed by atoms with Crippen LogP contribution in [0.25, 0.3) is 0 Å². The SMILES string of the molecule is O=C(CC1CCNCC1)NC1CCC(Oc2cc(F)cc(F)c2)CC1.